The van der Waals surface area contributed by atoms with Gasteiger partial charge in [0.15, 0.2) is 5.78 Å². The number of nitrogens with one attached hydrogen (secondary N) is 1. The minimum atomic E-state index is -3.53. The largest absolute Gasteiger partial charge is 0.294 e. The second kappa shape index (κ2) is 4.72. The van der Waals surface area contributed by atoms with E-state index in [9.17, 15) is 13.2 Å². The monoisotopic (exact) mass is 281 g/mol. The first-order chi connectivity index (χ1) is 8.76. The molecular weight excluding hydrogens is 262 g/mol. The molecule has 1 aliphatic rings. The molecule has 0 aromatic heterocycles. The number of rotatable bonds is 5. The van der Waals surface area contributed by atoms with Crippen LogP contribution in [0.3, 0.4) is 0 Å². The zero-order valence-corrected chi connectivity index (χ0v) is 12.3. The van der Waals surface area contributed by atoms with Crippen LogP contribution in [0.1, 0.15) is 44.0 Å². The number of Topliss-reactive ketones (excluding diaryl/α,β-unsaturated/α-hetero) is 1. The van der Waals surface area contributed by atoms with Gasteiger partial charge in [-0.25, -0.2) is 13.1 Å². The minimum Gasteiger partial charge on any atom is -0.294 e. The third kappa shape index (κ3) is 3.04. The molecule has 0 spiro atoms. The molecular formula is C14H19NO3S. The van der Waals surface area contributed by atoms with Gasteiger partial charge in [0.25, 0.3) is 0 Å². The van der Waals surface area contributed by atoms with Crippen molar-refractivity contribution in [2.45, 2.75) is 44.6 Å². The first-order valence-electron chi connectivity index (χ1n) is 6.42. The quantitative estimate of drug-likeness (QED) is 0.843. The molecule has 1 atom stereocenters. The lowest BCUT2D eigenvalue weighted by molar-refractivity contribution is 0.0988. The van der Waals surface area contributed by atoms with Crippen molar-refractivity contribution in [3.63, 3.8) is 0 Å². The lowest BCUT2D eigenvalue weighted by Crippen LogP contribution is -2.28. The molecule has 2 rings (SSSR count). The Morgan fingerprint density at radius 1 is 1.42 bits per heavy atom. The van der Waals surface area contributed by atoms with Gasteiger partial charge in [0, 0.05) is 18.0 Å². The van der Waals surface area contributed by atoms with Crippen LogP contribution >= 0.6 is 0 Å². The number of carbonyl (C=O) groups is 1. The predicted octanol–water partition coefficient (Wildman–Crippen LogP) is 2.36. The van der Waals surface area contributed by atoms with E-state index in [4.69, 9.17) is 0 Å². The molecule has 104 valence electrons. The summed E-state index contributed by atoms with van der Waals surface area (Å²) in [5.74, 6) is -0.0520. The van der Waals surface area contributed by atoms with Gasteiger partial charge < -0.3 is 0 Å². The molecule has 0 radical (unpaired) electrons. The van der Waals surface area contributed by atoms with Crippen molar-refractivity contribution < 1.29 is 13.2 Å². The van der Waals surface area contributed by atoms with E-state index < -0.39 is 10.0 Å². The molecule has 1 N–H and O–H groups in total. The van der Waals surface area contributed by atoms with Crippen LogP contribution in [0.4, 0.5) is 0 Å². The van der Waals surface area contributed by atoms with Crippen LogP contribution in [-0.4, -0.2) is 20.2 Å². The Kier molecular flexibility index (Phi) is 3.53. The lowest BCUT2D eigenvalue weighted by atomic mass is 10.1. The highest BCUT2D eigenvalue weighted by molar-refractivity contribution is 7.89. The molecule has 0 heterocycles. The fourth-order valence-electron chi connectivity index (χ4n) is 1.96. The molecule has 1 saturated carbocycles. The third-order valence-corrected chi connectivity index (χ3v) is 5.07. The maximum atomic E-state index is 12.2. The summed E-state index contributed by atoms with van der Waals surface area (Å²) in [6, 6.07) is 6.21. The van der Waals surface area contributed by atoms with Crippen molar-refractivity contribution in [2.24, 2.45) is 5.41 Å². The van der Waals surface area contributed by atoms with E-state index in [1.54, 1.807) is 19.1 Å². The Hall–Kier alpha value is -1.20. The summed E-state index contributed by atoms with van der Waals surface area (Å²) in [6.07, 6.45) is 1.21. The highest BCUT2D eigenvalue weighted by atomic mass is 32.2. The van der Waals surface area contributed by atoms with E-state index in [0.29, 0.717) is 12.0 Å². The topological polar surface area (TPSA) is 63.2 Å². The van der Waals surface area contributed by atoms with E-state index in [1.807, 2.05) is 13.8 Å². The van der Waals surface area contributed by atoms with Crippen molar-refractivity contribution in [2.75, 3.05) is 0 Å². The van der Waals surface area contributed by atoms with E-state index in [-0.39, 0.29) is 22.1 Å². The highest BCUT2D eigenvalue weighted by Crippen LogP contribution is 2.45. The zero-order chi connectivity index (χ0) is 14.3. The average molecular weight is 281 g/mol. The van der Waals surface area contributed by atoms with Crippen LogP contribution in [0.2, 0.25) is 0 Å². The molecule has 0 amide bonds. The molecule has 1 unspecified atom stereocenters. The highest BCUT2D eigenvalue weighted by Gasteiger charge is 2.47. The van der Waals surface area contributed by atoms with E-state index in [0.717, 1.165) is 6.42 Å². The van der Waals surface area contributed by atoms with E-state index in [1.165, 1.54) is 12.1 Å². The summed E-state index contributed by atoms with van der Waals surface area (Å²) in [5, 5.41) is 0. The third-order valence-electron chi connectivity index (χ3n) is 3.60. The summed E-state index contributed by atoms with van der Waals surface area (Å²) < 4.78 is 27.1. The van der Waals surface area contributed by atoms with Gasteiger partial charge in [-0.3, -0.25) is 4.79 Å². The van der Waals surface area contributed by atoms with Gasteiger partial charge in [-0.1, -0.05) is 32.9 Å². The summed E-state index contributed by atoms with van der Waals surface area (Å²) in [7, 11) is -3.53. The van der Waals surface area contributed by atoms with Gasteiger partial charge in [-0.2, -0.15) is 0 Å². The fourth-order valence-corrected chi connectivity index (χ4v) is 3.42. The molecule has 1 aromatic carbocycles. The maximum absolute atomic E-state index is 12.2. The van der Waals surface area contributed by atoms with E-state index in [2.05, 4.69) is 4.72 Å². The molecule has 1 aromatic rings. The number of carbonyl (C=O) groups excluding carboxylic acids is 1. The Balaban J connectivity index is 2.23. The summed E-state index contributed by atoms with van der Waals surface area (Å²) in [4.78, 5) is 11.8. The van der Waals surface area contributed by atoms with Crippen LogP contribution in [-0.2, 0) is 10.0 Å². The SMILES string of the molecule is CCC(=O)c1cccc(S(=O)(=O)NC2CC2(C)C)c1. The number of sulfonamides is 1. The standard InChI is InChI=1S/C14H19NO3S/c1-4-12(16)10-6-5-7-11(8-10)19(17,18)15-13-9-14(13,2)3/h5-8,13,15H,4,9H2,1-3H3. The summed E-state index contributed by atoms with van der Waals surface area (Å²) in [5.41, 5.74) is 0.477. The van der Waals surface area contributed by atoms with Crippen LogP contribution in [0.5, 0.6) is 0 Å². The van der Waals surface area contributed by atoms with E-state index >= 15 is 0 Å². The van der Waals surface area contributed by atoms with Gasteiger partial charge in [0.2, 0.25) is 10.0 Å². The fraction of sp³-hybridized carbons (Fsp3) is 0.500. The van der Waals surface area contributed by atoms with Crippen LogP contribution in [0, 0.1) is 5.41 Å². The second-order valence-corrected chi connectivity index (χ2v) is 7.39. The smallest absolute Gasteiger partial charge is 0.240 e. The minimum absolute atomic E-state index is 0.0111. The Bertz CT molecular complexity index is 605. The summed E-state index contributed by atoms with van der Waals surface area (Å²) >= 11 is 0. The molecule has 0 bridgehead atoms. The number of ketones is 1. The molecule has 5 heteroatoms. The molecule has 19 heavy (non-hydrogen) atoms. The van der Waals surface area contributed by atoms with Gasteiger partial charge in [0.05, 0.1) is 4.90 Å². The maximum Gasteiger partial charge on any atom is 0.240 e. The normalized spacial score (nSPS) is 21.1. The summed E-state index contributed by atoms with van der Waals surface area (Å²) in [6.45, 7) is 5.81. The molecule has 4 nitrogen and oxygen atoms in total. The van der Waals surface area contributed by atoms with Crippen molar-refractivity contribution >= 4 is 15.8 Å². The average Bonchev–Trinajstić information content (AvgIpc) is 2.94. The second-order valence-electron chi connectivity index (χ2n) is 5.67. The van der Waals surface area contributed by atoms with Gasteiger partial charge in [-0.05, 0) is 24.0 Å². The molecule has 0 saturated heterocycles. The lowest BCUT2D eigenvalue weighted by Gasteiger charge is -2.09. The van der Waals surface area contributed by atoms with Gasteiger partial charge in [-0.15, -0.1) is 0 Å². The Morgan fingerprint density at radius 3 is 2.58 bits per heavy atom. The first-order valence-corrected chi connectivity index (χ1v) is 7.90. The van der Waals surface area contributed by atoms with Gasteiger partial charge in [0.1, 0.15) is 0 Å². The number of hydrogen-bond donors (Lipinski definition) is 1. The molecule has 1 fully saturated rings. The Labute approximate surface area is 114 Å². The van der Waals surface area contributed by atoms with Gasteiger partial charge >= 0.3 is 0 Å². The van der Waals surface area contributed by atoms with Crippen LogP contribution in [0.15, 0.2) is 29.2 Å². The first kappa shape index (κ1) is 14.2. The van der Waals surface area contributed by atoms with Crippen molar-refractivity contribution in [1.29, 1.82) is 0 Å². The van der Waals surface area contributed by atoms with Crippen LogP contribution < -0.4 is 4.72 Å². The van der Waals surface area contributed by atoms with Crippen molar-refractivity contribution in [3.8, 4) is 0 Å². The van der Waals surface area contributed by atoms with Crippen molar-refractivity contribution in [1.82, 2.24) is 4.72 Å². The number of benzene rings is 1. The Morgan fingerprint density at radius 2 is 2.05 bits per heavy atom. The molecule has 0 aliphatic heterocycles. The zero-order valence-electron chi connectivity index (χ0n) is 11.4. The van der Waals surface area contributed by atoms with Crippen LogP contribution in [0.25, 0.3) is 0 Å². The predicted molar refractivity (Wildman–Crippen MR) is 73.6 cm³/mol. The number of hydrogen-bond acceptors (Lipinski definition) is 3. The van der Waals surface area contributed by atoms with Crippen molar-refractivity contribution in [3.05, 3.63) is 29.8 Å². The molecule has 1 aliphatic carbocycles.